The van der Waals surface area contributed by atoms with Gasteiger partial charge in [-0.25, -0.2) is 0 Å². The minimum Gasteiger partial charge on any atom is -0.328 e. The molecule has 6 heteroatoms. The molecule has 0 fully saturated rings. The van der Waals surface area contributed by atoms with Crippen LogP contribution in [-0.2, 0) is 6.18 Å². The van der Waals surface area contributed by atoms with E-state index in [0.717, 1.165) is 12.1 Å². The Morgan fingerprint density at radius 2 is 1.94 bits per heavy atom. The molecule has 98 valence electrons. The summed E-state index contributed by atoms with van der Waals surface area (Å²) in [5.41, 5.74) is 3.47. The molecule has 1 aromatic rings. The molecule has 0 bridgehead atoms. The first kappa shape index (κ1) is 14.4. The Balaban J connectivity index is 3.11. The van der Waals surface area contributed by atoms with E-state index in [-0.39, 0.29) is 6.42 Å². The molecule has 1 aromatic carbocycles. The molecule has 0 radical (unpaired) electrons. The molecule has 0 saturated heterocycles. The van der Waals surface area contributed by atoms with Gasteiger partial charge in [-0.05, 0) is 13.0 Å². The van der Waals surface area contributed by atoms with Gasteiger partial charge < -0.3 is 11.1 Å². The molecule has 1 atom stereocenters. The second-order valence-corrected chi connectivity index (χ2v) is 4.03. The Morgan fingerprint density at radius 1 is 1.39 bits per heavy atom. The Labute approximate surface area is 102 Å². The molecule has 1 rings (SSSR count). The van der Waals surface area contributed by atoms with Crippen molar-refractivity contribution in [3.05, 3.63) is 35.4 Å². The summed E-state index contributed by atoms with van der Waals surface area (Å²) in [6, 6.07) is 3.99. The molecule has 0 saturated carbocycles. The van der Waals surface area contributed by atoms with E-state index in [1.165, 1.54) is 12.1 Å². The van der Waals surface area contributed by atoms with Crippen molar-refractivity contribution in [1.82, 2.24) is 0 Å². The van der Waals surface area contributed by atoms with E-state index in [0.29, 0.717) is 0 Å². The Bertz CT molecular complexity index is 467. The van der Waals surface area contributed by atoms with Crippen molar-refractivity contribution in [2.45, 2.75) is 25.6 Å². The maximum absolute atomic E-state index is 12.7. The van der Waals surface area contributed by atoms with Crippen LogP contribution in [0.25, 0.3) is 0 Å². The quantitative estimate of drug-likeness (QED) is 0.644. The lowest BCUT2D eigenvalue weighted by Gasteiger charge is -2.12. The van der Waals surface area contributed by atoms with Gasteiger partial charge in [-0.2, -0.15) is 13.2 Å². The van der Waals surface area contributed by atoms with Gasteiger partial charge in [0.05, 0.1) is 11.3 Å². The molecule has 0 aliphatic rings. The van der Waals surface area contributed by atoms with Gasteiger partial charge in [0.2, 0.25) is 5.78 Å². The van der Waals surface area contributed by atoms with Gasteiger partial charge in [-0.1, -0.05) is 18.2 Å². The van der Waals surface area contributed by atoms with Gasteiger partial charge in [0.25, 0.3) is 0 Å². The minimum absolute atomic E-state index is 0.0506. The maximum Gasteiger partial charge on any atom is 0.417 e. The van der Waals surface area contributed by atoms with Crippen LogP contribution in [0.1, 0.15) is 29.3 Å². The normalized spacial score (nSPS) is 13.2. The summed E-state index contributed by atoms with van der Waals surface area (Å²) in [6.45, 7) is 1.58. The van der Waals surface area contributed by atoms with Crippen LogP contribution in [-0.4, -0.2) is 17.5 Å². The van der Waals surface area contributed by atoms with Crippen LogP contribution in [0.2, 0.25) is 0 Å². The third-order valence-corrected chi connectivity index (χ3v) is 2.28. The maximum atomic E-state index is 12.7. The van der Waals surface area contributed by atoms with E-state index in [1.807, 2.05) is 0 Å². The number of nitrogens with one attached hydrogen (secondary N) is 1. The van der Waals surface area contributed by atoms with Crippen LogP contribution >= 0.6 is 0 Å². The summed E-state index contributed by atoms with van der Waals surface area (Å²) in [5, 5.41) is 7.47. The number of carbonyl (C=O) groups excluding carboxylic acids is 1. The lowest BCUT2D eigenvalue weighted by Crippen LogP contribution is -2.26. The number of benzene rings is 1. The number of halogens is 3. The molecule has 0 unspecified atom stereocenters. The standard InChI is InChI=1S/C12H13F3N2O/c1-7(16)6-10(17)11(18)8-4-2-3-5-9(8)12(13,14)15/h2-5,7,17H,6,16H2,1H3/t7-/m1/s1. The van der Waals surface area contributed by atoms with E-state index in [9.17, 15) is 18.0 Å². The second-order valence-electron chi connectivity index (χ2n) is 4.03. The highest BCUT2D eigenvalue weighted by molar-refractivity contribution is 6.45. The predicted octanol–water partition coefficient (Wildman–Crippen LogP) is 2.65. The number of hydrogen-bond acceptors (Lipinski definition) is 3. The van der Waals surface area contributed by atoms with Crippen LogP contribution in [0.4, 0.5) is 13.2 Å². The summed E-state index contributed by atoms with van der Waals surface area (Å²) >= 11 is 0. The topological polar surface area (TPSA) is 66.9 Å². The largest absolute Gasteiger partial charge is 0.417 e. The highest BCUT2D eigenvalue weighted by atomic mass is 19.4. The fraction of sp³-hybridized carbons (Fsp3) is 0.333. The monoisotopic (exact) mass is 258 g/mol. The lowest BCUT2D eigenvalue weighted by atomic mass is 9.97. The Hall–Kier alpha value is -1.69. The average Bonchev–Trinajstić information content (AvgIpc) is 2.26. The highest BCUT2D eigenvalue weighted by Gasteiger charge is 2.35. The van der Waals surface area contributed by atoms with Crippen molar-refractivity contribution < 1.29 is 18.0 Å². The van der Waals surface area contributed by atoms with Gasteiger partial charge in [0.1, 0.15) is 0 Å². The van der Waals surface area contributed by atoms with Crippen LogP contribution in [0, 0.1) is 5.41 Å². The molecule has 3 nitrogen and oxygen atoms in total. The van der Waals surface area contributed by atoms with Gasteiger partial charge in [-0.15, -0.1) is 0 Å². The van der Waals surface area contributed by atoms with Crippen molar-refractivity contribution in [3.63, 3.8) is 0 Å². The lowest BCUT2D eigenvalue weighted by molar-refractivity contribution is -0.137. The van der Waals surface area contributed by atoms with Crippen LogP contribution < -0.4 is 5.73 Å². The third kappa shape index (κ3) is 3.40. The van der Waals surface area contributed by atoms with E-state index >= 15 is 0 Å². The second kappa shape index (κ2) is 5.30. The zero-order chi connectivity index (χ0) is 13.9. The summed E-state index contributed by atoms with van der Waals surface area (Å²) < 4.78 is 38.1. The molecule has 0 amide bonds. The van der Waals surface area contributed by atoms with Gasteiger partial charge in [0, 0.05) is 18.0 Å². The zero-order valence-corrected chi connectivity index (χ0v) is 9.71. The first-order valence-corrected chi connectivity index (χ1v) is 5.27. The number of Topliss-reactive ketones (excluding diaryl/α,β-unsaturated/α-hetero) is 1. The van der Waals surface area contributed by atoms with Gasteiger partial charge >= 0.3 is 6.18 Å². The average molecular weight is 258 g/mol. The van der Waals surface area contributed by atoms with Gasteiger partial charge in [0.15, 0.2) is 0 Å². The fourth-order valence-corrected chi connectivity index (χ4v) is 1.51. The van der Waals surface area contributed by atoms with Crippen molar-refractivity contribution >= 4 is 11.5 Å². The van der Waals surface area contributed by atoms with Crippen LogP contribution in [0.3, 0.4) is 0 Å². The number of nitrogens with two attached hydrogens (primary N) is 1. The number of alkyl halides is 3. The van der Waals surface area contributed by atoms with Crippen LogP contribution in [0.15, 0.2) is 24.3 Å². The number of hydrogen-bond donors (Lipinski definition) is 2. The van der Waals surface area contributed by atoms with Crippen molar-refractivity contribution in [2.24, 2.45) is 5.73 Å². The molecule has 0 aromatic heterocycles. The summed E-state index contributed by atoms with van der Waals surface area (Å²) in [5.74, 6) is -0.930. The first-order chi connectivity index (χ1) is 8.23. The minimum atomic E-state index is -4.61. The molecular weight excluding hydrogens is 245 g/mol. The van der Waals surface area contributed by atoms with Crippen molar-refractivity contribution in [2.75, 3.05) is 0 Å². The Kier molecular flexibility index (Phi) is 4.24. The molecule has 18 heavy (non-hydrogen) atoms. The van der Waals surface area contributed by atoms with E-state index in [2.05, 4.69) is 0 Å². The van der Waals surface area contributed by atoms with Gasteiger partial charge in [-0.3, -0.25) is 4.79 Å². The van der Waals surface area contributed by atoms with Crippen LogP contribution in [0.5, 0.6) is 0 Å². The molecule has 0 aliphatic carbocycles. The zero-order valence-electron chi connectivity index (χ0n) is 9.71. The SMILES string of the molecule is C[C@@H](N)CC(=N)C(=O)c1ccccc1C(F)(F)F. The van der Waals surface area contributed by atoms with E-state index < -0.39 is 34.8 Å². The fourth-order valence-electron chi connectivity index (χ4n) is 1.51. The van der Waals surface area contributed by atoms with E-state index in [4.69, 9.17) is 11.1 Å². The molecule has 3 N–H and O–H groups in total. The summed E-state index contributed by atoms with van der Waals surface area (Å²) in [6.07, 6.45) is -4.66. The van der Waals surface area contributed by atoms with E-state index in [1.54, 1.807) is 6.92 Å². The smallest absolute Gasteiger partial charge is 0.328 e. The van der Waals surface area contributed by atoms with Crippen molar-refractivity contribution in [1.29, 1.82) is 5.41 Å². The summed E-state index contributed by atoms with van der Waals surface area (Å²) in [7, 11) is 0. The number of carbonyl (C=O) groups is 1. The van der Waals surface area contributed by atoms with Crippen molar-refractivity contribution in [3.8, 4) is 0 Å². The molecular formula is C12H13F3N2O. The number of ketones is 1. The molecule has 0 aliphatic heterocycles. The summed E-state index contributed by atoms with van der Waals surface area (Å²) in [4.78, 5) is 11.8. The molecule has 0 spiro atoms. The third-order valence-electron chi connectivity index (χ3n) is 2.28. The first-order valence-electron chi connectivity index (χ1n) is 5.27. The number of rotatable bonds is 4. The molecule has 0 heterocycles. The Morgan fingerprint density at radius 3 is 2.44 bits per heavy atom. The predicted molar refractivity (Wildman–Crippen MR) is 61.8 cm³/mol. The highest BCUT2D eigenvalue weighted by Crippen LogP contribution is 2.32.